The first-order valence-corrected chi connectivity index (χ1v) is 10.2. The summed E-state index contributed by atoms with van der Waals surface area (Å²) >= 11 is 1.05. The van der Waals surface area contributed by atoms with Gasteiger partial charge in [0.15, 0.2) is 5.13 Å². The number of nitrogens with zero attached hydrogens (tertiary/aromatic N) is 1. The molecular formula is C16H19N3O5S2. The molecule has 26 heavy (non-hydrogen) atoms. The summed E-state index contributed by atoms with van der Waals surface area (Å²) < 4.78 is 26.8. The molecule has 10 heteroatoms. The fraction of sp³-hybridized carbons (Fsp3) is 0.312. The molecule has 0 radical (unpaired) electrons. The van der Waals surface area contributed by atoms with Gasteiger partial charge < -0.3 is 10.4 Å². The molecule has 1 unspecified atom stereocenters. The number of carbonyl (C=O) groups excluding carboxylic acids is 1. The third-order valence-corrected chi connectivity index (χ3v) is 5.67. The topological polar surface area (TPSA) is 125 Å². The van der Waals surface area contributed by atoms with Crippen LogP contribution in [0.15, 0.2) is 40.6 Å². The monoisotopic (exact) mass is 397 g/mol. The maximum Gasteiger partial charge on any atom is 0.326 e. The number of thiazole rings is 1. The molecule has 2 rings (SSSR count). The van der Waals surface area contributed by atoms with E-state index in [4.69, 9.17) is 5.11 Å². The molecule has 1 aromatic carbocycles. The Hall–Kier alpha value is -2.46. The van der Waals surface area contributed by atoms with Gasteiger partial charge in [-0.15, -0.1) is 11.3 Å². The number of carboxylic acids is 1. The van der Waals surface area contributed by atoms with Crippen molar-refractivity contribution in [2.75, 3.05) is 4.72 Å². The summed E-state index contributed by atoms with van der Waals surface area (Å²) in [6, 6.07) is 6.92. The van der Waals surface area contributed by atoms with Crippen LogP contribution in [0.2, 0.25) is 0 Å². The van der Waals surface area contributed by atoms with Gasteiger partial charge in [0.1, 0.15) is 6.04 Å². The largest absolute Gasteiger partial charge is 0.480 e. The number of aliphatic carboxylic acids is 1. The Bertz CT molecular complexity index is 865. The second-order valence-corrected chi connectivity index (χ2v) is 8.03. The van der Waals surface area contributed by atoms with E-state index in [0.717, 1.165) is 11.3 Å². The lowest BCUT2D eigenvalue weighted by Crippen LogP contribution is -2.41. The fourth-order valence-corrected chi connectivity index (χ4v) is 4.15. The number of hydrogen-bond acceptors (Lipinski definition) is 6. The first-order valence-electron chi connectivity index (χ1n) is 7.86. The minimum absolute atomic E-state index is 0.110. The Balaban J connectivity index is 1.99. The van der Waals surface area contributed by atoms with Gasteiger partial charge in [-0.1, -0.05) is 31.5 Å². The van der Waals surface area contributed by atoms with Crippen LogP contribution in [0.25, 0.3) is 0 Å². The van der Waals surface area contributed by atoms with Gasteiger partial charge in [0, 0.05) is 5.38 Å². The van der Waals surface area contributed by atoms with E-state index in [-0.39, 0.29) is 16.4 Å². The predicted molar refractivity (Wildman–Crippen MR) is 97.5 cm³/mol. The number of carbonyl (C=O) groups is 2. The maximum absolute atomic E-state index is 12.2. The number of aromatic nitrogens is 1. The number of rotatable bonds is 9. The number of sulfonamides is 1. The van der Waals surface area contributed by atoms with Crippen molar-refractivity contribution in [3.63, 3.8) is 0 Å². The smallest absolute Gasteiger partial charge is 0.326 e. The Kier molecular flexibility index (Phi) is 6.70. The van der Waals surface area contributed by atoms with E-state index in [0.29, 0.717) is 18.5 Å². The standard InChI is InChI=1S/C16H19N3O5S2/c1-2-6-13(15(21)22)18-14(20)9-11-10-25-16(17-11)19-26(23,24)12-7-4-3-5-8-12/h3-5,7-8,10,13H,2,6,9H2,1H3,(H,17,19)(H,18,20)(H,21,22). The van der Waals surface area contributed by atoms with E-state index in [2.05, 4.69) is 15.0 Å². The first kappa shape index (κ1) is 19.9. The highest BCUT2D eigenvalue weighted by molar-refractivity contribution is 7.93. The van der Waals surface area contributed by atoms with Crippen LogP contribution in [0, 0.1) is 0 Å². The van der Waals surface area contributed by atoms with Crippen LogP contribution >= 0.6 is 11.3 Å². The van der Waals surface area contributed by atoms with Crippen molar-refractivity contribution in [2.45, 2.75) is 37.1 Å². The van der Waals surface area contributed by atoms with Crippen LogP contribution in [0.4, 0.5) is 5.13 Å². The van der Waals surface area contributed by atoms with Gasteiger partial charge in [0.2, 0.25) is 5.91 Å². The van der Waals surface area contributed by atoms with Crippen molar-refractivity contribution < 1.29 is 23.1 Å². The predicted octanol–water partition coefficient (Wildman–Crippen LogP) is 1.86. The molecule has 0 fully saturated rings. The van der Waals surface area contributed by atoms with Crippen molar-refractivity contribution in [1.82, 2.24) is 10.3 Å². The van der Waals surface area contributed by atoms with Crippen LogP contribution in [0.3, 0.4) is 0 Å². The summed E-state index contributed by atoms with van der Waals surface area (Å²) in [6.45, 7) is 1.83. The third-order valence-electron chi connectivity index (χ3n) is 3.38. The molecule has 1 aromatic heterocycles. The number of nitrogens with one attached hydrogen (secondary N) is 2. The average molecular weight is 397 g/mol. The number of benzene rings is 1. The van der Waals surface area contributed by atoms with E-state index in [1.54, 1.807) is 23.6 Å². The van der Waals surface area contributed by atoms with Gasteiger partial charge in [-0.25, -0.2) is 18.2 Å². The van der Waals surface area contributed by atoms with Crippen molar-refractivity contribution >= 4 is 38.4 Å². The Morgan fingerprint density at radius 1 is 1.27 bits per heavy atom. The van der Waals surface area contributed by atoms with E-state index >= 15 is 0 Å². The third kappa shape index (κ3) is 5.53. The van der Waals surface area contributed by atoms with E-state index < -0.39 is 27.9 Å². The summed E-state index contributed by atoms with van der Waals surface area (Å²) in [5.74, 6) is -1.57. The molecule has 0 aliphatic heterocycles. The molecule has 0 spiro atoms. The second kappa shape index (κ2) is 8.77. The van der Waals surface area contributed by atoms with Crippen molar-refractivity contribution in [3.05, 3.63) is 41.4 Å². The Morgan fingerprint density at radius 2 is 1.96 bits per heavy atom. The zero-order chi connectivity index (χ0) is 19.2. The van der Waals surface area contributed by atoms with Crippen LogP contribution < -0.4 is 10.0 Å². The molecule has 140 valence electrons. The molecule has 1 atom stereocenters. The molecule has 1 amide bonds. The van der Waals surface area contributed by atoms with E-state index in [1.165, 1.54) is 12.1 Å². The second-order valence-electron chi connectivity index (χ2n) is 5.49. The number of hydrogen-bond donors (Lipinski definition) is 3. The number of anilines is 1. The Labute approximate surface area is 155 Å². The lowest BCUT2D eigenvalue weighted by Gasteiger charge is -2.12. The van der Waals surface area contributed by atoms with Gasteiger partial charge in [-0.3, -0.25) is 9.52 Å². The highest BCUT2D eigenvalue weighted by Gasteiger charge is 2.20. The molecule has 0 aliphatic rings. The summed E-state index contributed by atoms with van der Waals surface area (Å²) in [4.78, 5) is 27.2. The molecule has 0 aliphatic carbocycles. The average Bonchev–Trinajstić information content (AvgIpc) is 3.01. The Morgan fingerprint density at radius 3 is 2.58 bits per heavy atom. The highest BCUT2D eigenvalue weighted by atomic mass is 32.2. The summed E-state index contributed by atoms with van der Waals surface area (Å²) in [5, 5.41) is 13.2. The molecule has 3 N–H and O–H groups in total. The van der Waals surface area contributed by atoms with Gasteiger partial charge in [-0.05, 0) is 18.6 Å². The summed E-state index contributed by atoms with van der Waals surface area (Å²) in [7, 11) is -3.75. The van der Waals surface area contributed by atoms with Gasteiger partial charge in [-0.2, -0.15) is 0 Å². The maximum atomic E-state index is 12.2. The number of amides is 1. The minimum Gasteiger partial charge on any atom is -0.480 e. The first-order chi connectivity index (χ1) is 12.3. The van der Waals surface area contributed by atoms with E-state index in [1.807, 2.05) is 6.92 Å². The lowest BCUT2D eigenvalue weighted by atomic mass is 10.1. The quantitative estimate of drug-likeness (QED) is 0.593. The van der Waals surface area contributed by atoms with Crippen LogP contribution in [0.1, 0.15) is 25.5 Å². The van der Waals surface area contributed by atoms with Crippen molar-refractivity contribution in [1.29, 1.82) is 0 Å². The summed E-state index contributed by atoms with van der Waals surface area (Å²) in [5.41, 5.74) is 0.360. The van der Waals surface area contributed by atoms with Crippen LogP contribution in [-0.2, 0) is 26.0 Å². The van der Waals surface area contributed by atoms with Gasteiger partial charge in [0.25, 0.3) is 10.0 Å². The van der Waals surface area contributed by atoms with E-state index in [9.17, 15) is 18.0 Å². The van der Waals surface area contributed by atoms with Gasteiger partial charge in [0.05, 0.1) is 17.0 Å². The molecule has 0 saturated carbocycles. The van der Waals surface area contributed by atoms with Crippen LogP contribution in [-0.4, -0.2) is 36.4 Å². The lowest BCUT2D eigenvalue weighted by molar-refractivity contribution is -0.141. The summed E-state index contributed by atoms with van der Waals surface area (Å²) in [6.07, 6.45) is 0.830. The molecule has 0 bridgehead atoms. The van der Waals surface area contributed by atoms with Crippen molar-refractivity contribution in [2.24, 2.45) is 0 Å². The van der Waals surface area contributed by atoms with Gasteiger partial charge >= 0.3 is 5.97 Å². The molecular weight excluding hydrogens is 378 g/mol. The molecule has 2 aromatic rings. The van der Waals surface area contributed by atoms with Crippen molar-refractivity contribution in [3.8, 4) is 0 Å². The molecule has 1 heterocycles. The zero-order valence-corrected chi connectivity index (χ0v) is 15.6. The highest BCUT2D eigenvalue weighted by Crippen LogP contribution is 2.20. The zero-order valence-electron chi connectivity index (χ0n) is 14.0. The minimum atomic E-state index is -3.75. The number of carboxylic acid groups (broad SMARTS) is 1. The SMILES string of the molecule is CCCC(NC(=O)Cc1csc(NS(=O)(=O)c2ccccc2)n1)C(=O)O. The molecule has 0 saturated heterocycles. The normalized spacial score (nSPS) is 12.3. The molecule has 8 nitrogen and oxygen atoms in total. The fourth-order valence-electron chi connectivity index (χ4n) is 2.16. The van der Waals surface area contributed by atoms with Crippen LogP contribution in [0.5, 0.6) is 0 Å².